The van der Waals surface area contributed by atoms with E-state index in [1.165, 1.54) is 41.5 Å². The number of hydrogen-bond acceptors (Lipinski definition) is 5. The van der Waals surface area contributed by atoms with Crippen LogP contribution in [0.2, 0.25) is 0 Å². The molecule has 3 rings (SSSR count). The molecule has 2 heterocycles. The number of aromatic nitrogens is 2. The van der Waals surface area contributed by atoms with Crippen LogP contribution in [0.1, 0.15) is 30.2 Å². The van der Waals surface area contributed by atoms with E-state index >= 15 is 0 Å². The van der Waals surface area contributed by atoms with Gasteiger partial charge in [0.2, 0.25) is 0 Å². The molecule has 134 valence electrons. The monoisotopic (exact) mass is 359 g/mol. The molecule has 5 nitrogen and oxygen atoms in total. The zero-order chi connectivity index (χ0) is 17.6. The quantitative estimate of drug-likeness (QED) is 0.427. The van der Waals surface area contributed by atoms with Crippen LogP contribution in [-0.4, -0.2) is 41.9 Å². The Morgan fingerprint density at radius 3 is 2.68 bits per heavy atom. The second-order valence-corrected chi connectivity index (χ2v) is 7.02. The second kappa shape index (κ2) is 8.67. The number of aryl methyl sites for hydroxylation is 1. The van der Waals surface area contributed by atoms with Crippen molar-refractivity contribution in [2.45, 2.75) is 31.2 Å². The van der Waals surface area contributed by atoms with Gasteiger partial charge in [0.15, 0.2) is 0 Å². The molecule has 6 heteroatoms. The fraction of sp³-hybridized carbons (Fsp3) is 0.421. The van der Waals surface area contributed by atoms with E-state index in [9.17, 15) is 0 Å². The highest BCUT2D eigenvalue weighted by Gasteiger charge is 2.15. The fourth-order valence-corrected chi connectivity index (χ4v) is 3.39. The van der Waals surface area contributed by atoms with Crippen LogP contribution in [-0.2, 0) is 22.2 Å². The molecule has 0 atom stereocenters. The zero-order valence-electron chi connectivity index (χ0n) is 15.1. The third kappa shape index (κ3) is 4.73. The van der Waals surface area contributed by atoms with Gasteiger partial charge >= 0.3 is 0 Å². The van der Waals surface area contributed by atoms with Crippen molar-refractivity contribution in [3.63, 3.8) is 0 Å². The van der Waals surface area contributed by atoms with Crippen molar-refractivity contribution in [2.75, 3.05) is 27.2 Å². The van der Waals surface area contributed by atoms with Crippen molar-refractivity contribution in [1.82, 2.24) is 14.7 Å². The van der Waals surface area contributed by atoms with E-state index in [-0.39, 0.29) is 0 Å². The molecule has 0 radical (unpaired) electrons. The van der Waals surface area contributed by atoms with Gasteiger partial charge < -0.3 is 4.90 Å². The maximum atomic E-state index is 4.88. The molecule has 0 unspecified atom stereocenters. The molecule has 0 aliphatic carbocycles. The maximum absolute atomic E-state index is 4.88. The van der Waals surface area contributed by atoms with Gasteiger partial charge in [-0.1, -0.05) is 25.1 Å². The summed E-state index contributed by atoms with van der Waals surface area (Å²) in [4.78, 5) is 7.96. The SMILES string of the molecule is CCc1nn(Cc2ccc(SOOC)cc2)cc1C1=CCN(C)CC1. The summed E-state index contributed by atoms with van der Waals surface area (Å²) in [6, 6.07) is 8.26. The summed E-state index contributed by atoms with van der Waals surface area (Å²) in [6.45, 7) is 5.08. The molecule has 0 amide bonds. The van der Waals surface area contributed by atoms with Gasteiger partial charge in [0.05, 0.1) is 31.4 Å². The standard InChI is InChI=1S/C19H25N3O2S/c1-4-19-18(16-9-11-21(2)12-10-16)14-22(20-19)13-15-5-7-17(8-6-15)25-24-23-3/h5-9,14H,4,10-13H2,1-3H3. The van der Waals surface area contributed by atoms with Crippen LogP contribution in [0, 0.1) is 0 Å². The summed E-state index contributed by atoms with van der Waals surface area (Å²) < 4.78 is 6.93. The van der Waals surface area contributed by atoms with Crippen LogP contribution < -0.4 is 0 Å². The number of rotatable bonds is 7. The molecule has 2 aromatic rings. The minimum absolute atomic E-state index is 0.774. The van der Waals surface area contributed by atoms with Gasteiger partial charge in [-0.3, -0.25) is 4.68 Å². The summed E-state index contributed by atoms with van der Waals surface area (Å²) in [6.07, 6.45) is 6.60. The van der Waals surface area contributed by atoms with Crippen LogP contribution in [0.25, 0.3) is 5.57 Å². The average molecular weight is 359 g/mol. The molecule has 25 heavy (non-hydrogen) atoms. The van der Waals surface area contributed by atoms with Crippen LogP contribution in [0.5, 0.6) is 0 Å². The largest absolute Gasteiger partial charge is 0.302 e. The Labute approximate surface area is 153 Å². The normalized spacial score (nSPS) is 15.4. The highest BCUT2D eigenvalue weighted by atomic mass is 32.2. The predicted molar refractivity (Wildman–Crippen MR) is 101 cm³/mol. The molecule has 0 fully saturated rings. The van der Waals surface area contributed by atoms with Gasteiger partial charge in [-0.25, -0.2) is 4.89 Å². The fourth-order valence-electron chi connectivity index (χ4n) is 3.00. The first kappa shape index (κ1) is 18.2. The third-order valence-electron chi connectivity index (χ3n) is 4.40. The molecule has 0 spiro atoms. The number of hydrogen-bond donors (Lipinski definition) is 0. The van der Waals surface area contributed by atoms with E-state index in [1.807, 2.05) is 12.1 Å². The van der Waals surface area contributed by atoms with Gasteiger partial charge in [0, 0.05) is 29.7 Å². The number of benzene rings is 1. The second-order valence-electron chi connectivity index (χ2n) is 6.24. The van der Waals surface area contributed by atoms with E-state index in [0.29, 0.717) is 0 Å². The van der Waals surface area contributed by atoms with E-state index in [1.54, 1.807) is 0 Å². The van der Waals surface area contributed by atoms with E-state index in [4.69, 9.17) is 9.43 Å². The van der Waals surface area contributed by atoms with E-state index in [2.05, 4.69) is 52.8 Å². The molecule has 0 N–H and O–H groups in total. The lowest BCUT2D eigenvalue weighted by Crippen LogP contribution is -2.23. The minimum atomic E-state index is 0.774. The van der Waals surface area contributed by atoms with Crippen LogP contribution in [0.3, 0.4) is 0 Å². The van der Waals surface area contributed by atoms with E-state index in [0.717, 1.165) is 37.4 Å². The Morgan fingerprint density at radius 1 is 1.24 bits per heavy atom. The number of likely N-dealkylation sites (N-methyl/N-ethyl adjacent to an activating group) is 1. The summed E-state index contributed by atoms with van der Waals surface area (Å²) in [7, 11) is 3.67. The minimum Gasteiger partial charge on any atom is -0.302 e. The van der Waals surface area contributed by atoms with Gasteiger partial charge in [0.25, 0.3) is 0 Å². The predicted octanol–water partition coefficient (Wildman–Crippen LogP) is 3.80. The smallest absolute Gasteiger partial charge is 0.0725 e. The first-order valence-corrected chi connectivity index (χ1v) is 9.34. The van der Waals surface area contributed by atoms with Crippen LogP contribution in [0.15, 0.2) is 41.4 Å². The molecule has 0 saturated heterocycles. The van der Waals surface area contributed by atoms with Gasteiger partial charge in [-0.15, -0.1) is 0 Å². The van der Waals surface area contributed by atoms with Crippen molar-refractivity contribution in [2.24, 2.45) is 0 Å². The summed E-state index contributed by atoms with van der Waals surface area (Å²) >= 11 is 1.21. The topological polar surface area (TPSA) is 39.5 Å². The lowest BCUT2D eigenvalue weighted by molar-refractivity contribution is -0.160. The Hall–Kier alpha value is -1.60. The molecule has 1 aromatic carbocycles. The van der Waals surface area contributed by atoms with Crippen LogP contribution in [0.4, 0.5) is 0 Å². The Morgan fingerprint density at radius 2 is 2.04 bits per heavy atom. The molecule has 1 aromatic heterocycles. The Kier molecular flexibility index (Phi) is 6.31. The highest BCUT2D eigenvalue weighted by molar-refractivity contribution is 7.94. The summed E-state index contributed by atoms with van der Waals surface area (Å²) in [5.41, 5.74) is 5.16. The van der Waals surface area contributed by atoms with Gasteiger partial charge in [0.1, 0.15) is 0 Å². The average Bonchev–Trinajstić information content (AvgIpc) is 3.04. The van der Waals surface area contributed by atoms with Crippen LogP contribution >= 0.6 is 12.0 Å². The van der Waals surface area contributed by atoms with Crippen molar-refractivity contribution < 1.29 is 9.22 Å². The third-order valence-corrected chi connectivity index (χ3v) is 5.07. The molecule has 1 aliphatic rings. The first-order chi connectivity index (χ1) is 12.2. The lowest BCUT2D eigenvalue weighted by Gasteiger charge is -2.21. The molecule has 0 bridgehead atoms. The first-order valence-electron chi connectivity index (χ1n) is 8.60. The molecule has 1 aliphatic heterocycles. The van der Waals surface area contributed by atoms with Gasteiger partial charge in [-0.2, -0.15) is 9.43 Å². The highest BCUT2D eigenvalue weighted by Crippen LogP contribution is 2.25. The van der Waals surface area contributed by atoms with Crippen molar-refractivity contribution in [3.8, 4) is 0 Å². The van der Waals surface area contributed by atoms with E-state index < -0.39 is 0 Å². The van der Waals surface area contributed by atoms with Crippen molar-refractivity contribution in [1.29, 1.82) is 0 Å². The van der Waals surface area contributed by atoms with Crippen molar-refractivity contribution in [3.05, 3.63) is 53.4 Å². The zero-order valence-corrected chi connectivity index (χ0v) is 15.9. The Bertz CT molecular complexity index is 725. The maximum Gasteiger partial charge on any atom is 0.0725 e. The number of nitrogens with zero attached hydrogens (tertiary/aromatic N) is 3. The summed E-state index contributed by atoms with van der Waals surface area (Å²) in [5.74, 6) is 0. The molecule has 0 saturated carbocycles. The lowest BCUT2D eigenvalue weighted by atomic mass is 9.99. The van der Waals surface area contributed by atoms with Gasteiger partial charge in [-0.05, 0) is 43.2 Å². The Balaban J connectivity index is 1.73. The summed E-state index contributed by atoms with van der Waals surface area (Å²) in [5, 5.41) is 4.80. The molecular weight excluding hydrogens is 334 g/mol. The molecular formula is C19H25N3O2S. The van der Waals surface area contributed by atoms with Crippen molar-refractivity contribution >= 4 is 17.6 Å².